The summed E-state index contributed by atoms with van der Waals surface area (Å²) >= 11 is 0. The van der Waals surface area contributed by atoms with Gasteiger partial charge in [-0.25, -0.2) is 0 Å². The van der Waals surface area contributed by atoms with Crippen LogP contribution in [0, 0.1) is 0 Å². The molecule has 5 nitrogen and oxygen atoms in total. The highest BCUT2D eigenvalue weighted by molar-refractivity contribution is 5.81. The second-order valence-electron chi connectivity index (χ2n) is 6.24. The van der Waals surface area contributed by atoms with E-state index in [0.29, 0.717) is 13.2 Å². The van der Waals surface area contributed by atoms with Crippen molar-refractivity contribution in [3.8, 4) is 0 Å². The van der Waals surface area contributed by atoms with Crippen molar-refractivity contribution >= 4 is 5.91 Å². The first kappa shape index (κ1) is 15.5. The summed E-state index contributed by atoms with van der Waals surface area (Å²) in [6.07, 6.45) is 1.46. The van der Waals surface area contributed by atoms with Gasteiger partial charge in [-0.3, -0.25) is 9.69 Å². The van der Waals surface area contributed by atoms with E-state index in [1.807, 2.05) is 11.0 Å². The number of piperidine rings is 1. The molecule has 0 bridgehead atoms. The van der Waals surface area contributed by atoms with Gasteiger partial charge in [-0.05, 0) is 18.4 Å². The number of amides is 1. The highest BCUT2D eigenvalue weighted by Crippen LogP contribution is 2.15. The minimum Gasteiger partial charge on any atom is -0.366 e. The van der Waals surface area contributed by atoms with Crippen molar-refractivity contribution in [3.05, 3.63) is 35.9 Å². The van der Waals surface area contributed by atoms with Crippen molar-refractivity contribution in [2.24, 2.45) is 5.73 Å². The molecule has 2 heterocycles. The van der Waals surface area contributed by atoms with Gasteiger partial charge in [0.2, 0.25) is 0 Å². The van der Waals surface area contributed by atoms with Gasteiger partial charge < -0.3 is 15.4 Å². The Hall–Kier alpha value is -1.43. The monoisotopic (exact) mass is 303 g/mol. The fourth-order valence-electron chi connectivity index (χ4n) is 3.16. The minimum absolute atomic E-state index is 0.129. The molecular formula is C17H25N3O2. The molecule has 0 aromatic heterocycles. The number of carbonyl (C=O) groups is 1. The normalized spacial score (nSPS) is 24.4. The summed E-state index contributed by atoms with van der Waals surface area (Å²) < 4.78 is 5.72. The van der Waals surface area contributed by atoms with Crippen molar-refractivity contribution in [1.29, 1.82) is 0 Å². The molecule has 3 rings (SSSR count). The van der Waals surface area contributed by atoms with Crippen molar-refractivity contribution in [1.82, 2.24) is 9.80 Å². The van der Waals surface area contributed by atoms with Crippen LogP contribution < -0.4 is 5.73 Å². The number of morpholine rings is 1. The van der Waals surface area contributed by atoms with Crippen LogP contribution in [0.25, 0.3) is 0 Å². The third kappa shape index (κ3) is 3.85. The SMILES string of the molecule is NC1CCN(C(=O)C2CN(Cc3ccccc3)CCO2)CC1. The molecule has 0 radical (unpaired) electrons. The van der Waals surface area contributed by atoms with E-state index in [4.69, 9.17) is 10.5 Å². The minimum atomic E-state index is -0.327. The van der Waals surface area contributed by atoms with Crippen LogP contribution in [0.3, 0.4) is 0 Å². The van der Waals surface area contributed by atoms with E-state index in [1.165, 1.54) is 5.56 Å². The lowest BCUT2D eigenvalue weighted by Crippen LogP contribution is -2.53. The van der Waals surface area contributed by atoms with Crippen molar-refractivity contribution < 1.29 is 9.53 Å². The van der Waals surface area contributed by atoms with E-state index in [2.05, 4.69) is 29.2 Å². The molecule has 1 atom stereocenters. The van der Waals surface area contributed by atoms with Crippen LogP contribution in [0.5, 0.6) is 0 Å². The lowest BCUT2D eigenvalue weighted by Gasteiger charge is -2.37. The molecule has 0 spiro atoms. The van der Waals surface area contributed by atoms with Crippen LogP contribution in [-0.2, 0) is 16.1 Å². The maximum Gasteiger partial charge on any atom is 0.253 e. The zero-order valence-corrected chi connectivity index (χ0v) is 13.0. The fraction of sp³-hybridized carbons (Fsp3) is 0.588. The molecule has 1 unspecified atom stereocenters. The third-order valence-corrected chi connectivity index (χ3v) is 4.53. The predicted octanol–water partition coefficient (Wildman–Crippen LogP) is 0.837. The molecule has 120 valence electrons. The van der Waals surface area contributed by atoms with Gasteiger partial charge in [0.05, 0.1) is 6.61 Å². The second kappa shape index (κ2) is 7.22. The molecule has 2 aliphatic rings. The zero-order chi connectivity index (χ0) is 15.4. The first-order chi connectivity index (χ1) is 10.7. The summed E-state index contributed by atoms with van der Waals surface area (Å²) in [6, 6.07) is 10.6. The number of hydrogen-bond acceptors (Lipinski definition) is 4. The summed E-state index contributed by atoms with van der Waals surface area (Å²) in [6.45, 7) is 4.58. The standard InChI is InChI=1S/C17H25N3O2/c18-15-6-8-20(9-7-15)17(21)16-13-19(10-11-22-16)12-14-4-2-1-3-5-14/h1-5,15-16H,6-13,18H2. The number of carbonyl (C=O) groups excluding carboxylic acids is 1. The summed E-state index contributed by atoms with van der Waals surface area (Å²) in [5, 5.41) is 0. The number of nitrogens with two attached hydrogens (primary N) is 1. The van der Waals surface area contributed by atoms with Crippen LogP contribution in [0.15, 0.2) is 30.3 Å². The van der Waals surface area contributed by atoms with Crippen molar-refractivity contribution in [2.75, 3.05) is 32.8 Å². The quantitative estimate of drug-likeness (QED) is 0.899. The molecule has 1 aromatic rings. The van der Waals surface area contributed by atoms with E-state index in [9.17, 15) is 4.79 Å². The number of likely N-dealkylation sites (tertiary alicyclic amines) is 1. The van der Waals surface area contributed by atoms with Crippen LogP contribution in [0.4, 0.5) is 0 Å². The number of rotatable bonds is 3. The molecule has 0 aliphatic carbocycles. The van der Waals surface area contributed by atoms with Crippen molar-refractivity contribution in [2.45, 2.75) is 31.5 Å². The summed E-state index contributed by atoms with van der Waals surface area (Å²) in [5.74, 6) is 0.129. The Labute approximate surface area is 132 Å². The van der Waals surface area contributed by atoms with Crippen LogP contribution >= 0.6 is 0 Å². The Morgan fingerprint density at radius 3 is 2.64 bits per heavy atom. The molecule has 2 aliphatic heterocycles. The lowest BCUT2D eigenvalue weighted by atomic mass is 10.1. The molecule has 1 aromatic carbocycles. The van der Waals surface area contributed by atoms with E-state index < -0.39 is 0 Å². The Morgan fingerprint density at radius 2 is 1.91 bits per heavy atom. The van der Waals surface area contributed by atoms with Crippen LogP contribution in [-0.4, -0.2) is 60.6 Å². The largest absolute Gasteiger partial charge is 0.366 e. The van der Waals surface area contributed by atoms with Gasteiger partial charge >= 0.3 is 0 Å². The lowest BCUT2D eigenvalue weighted by molar-refractivity contribution is -0.150. The zero-order valence-electron chi connectivity index (χ0n) is 13.0. The summed E-state index contributed by atoms with van der Waals surface area (Å²) in [7, 11) is 0. The third-order valence-electron chi connectivity index (χ3n) is 4.53. The van der Waals surface area contributed by atoms with Gasteiger partial charge in [-0.1, -0.05) is 30.3 Å². The fourth-order valence-corrected chi connectivity index (χ4v) is 3.16. The maximum atomic E-state index is 12.6. The van der Waals surface area contributed by atoms with E-state index in [1.54, 1.807) is 0 Å². The maximum absolute atomic E-state index is 12.6. The van der Waals surface area contributed by atoms with E-state index in [-0.39, 0.29) is 18.1 Å². The molecule has 2 N–H and O–H groups in total. The van der Waals surface area contributed by atoms with Gasteiger partial charge in [-0.15, -0.1) is 0 Å². The highest BCUT2D eigenvalue weighted by atomic mass is 16.5. The summed E-state index contributed by atoms with van der Waals surface area (Å²) in [4.78, 5) is 16.8. The smallest absolute Gasteiger partial charge is 0.253 e. The van der Waals surface area contributed by atoms with Gasteiger partial charge in [0.1, 0.15) is 6.10 Å². The first-order valence-electron chi connectivity index (χ1n) is 8.14. The molecule has 1 amide bonds. The average Bonchev–Trinajstić information content (AvgIpc) is 2.56. The Morgan fingerprint density at radius 1 is 1.18 bits per heavy atom. The molecule has 5 heteroatoms. The number of benzene rings is 1. The Balaban J connectivity index is 1.55. The van der Waals surface area contributed by atoms with Gasteiger partial charge in [0.15, 0.2) is 0 Å². The van der Waals surface area contributed by atoms with Crippen molar-refractivity contribution in [3.63, 3.8) is 0 Å². The molecule has 2 fully saturated rings. The second-order valence-corrected chi connectivity index (χ2v) is 6.24. The molecule has 0 saturated carbocycles. The average molecular weight is 303 g/mol. The predicted molar refractivity (Wildman–Crippen MR) is 85.2 cm³/mol. The van der Waals surface area contributed by atoms with Gasteiger partial charge in [0.25, 0.3) is 5.91 Å². The molecule has 2 saturated heterocycles. The first-order valence-corrected chi connectivity index (χ1v) is 8.14. The van der Waals surface area contributed by atoms with Gasteiger partial charge in [0, 0.05) is 38.8 Å². The Bertz CT molecular complexity index is 486. The van der Waals surface area contributed by atoms with Gasteiger partial charge in [-0.2, -0.15) is 0 Å². The molecule has 22 heavy (non-hydrogen) atoms. The van der Waals surface area contributed by atoms with Crippen LogP contribution in [0.1, 0.15) is 18.4 Å². The van der Waals surface area contributed by atoms with Crippen LogP contribution in [0.2, 0.25) is 0 Å². The number of hydrogen-bond donors (Lipinski definition) is 1. The Kier molecular flexibility index (Phi) is 5.08. The number of ether oxygens (including phenoxy) is 1. The number of nitrogens with zero attached hydrogens (tertiary/aromatic N) is 2. The topological polar surface area (TPSA) is 58.8 Å². The highest BCUT2D eigenvalue weighted by Gasteiger charge is 2.31. The van der Waals surface area contributed by atoms with E-state index in [0.717, 1.165) is 39.0 Å². The molecular weight excluding hydrogens is 278 g/mol. The van der Waals surface area contributed by atoms with E-state index >= 15 is 0 Å². The summed E-state index contributed by atoms with van der Waals surface area (Å²) in [5.41, 5.74) is 7.18.